The number of aromatic amines is 1. The van der Waals surface area contributed by atoms with Crippen LogP contribution < -0.4 is 0 Å². The quantitative estimate of drug-likeness (QED) is 0.652. The van der Waals surface area contributed by atoms with Gasteiger partial charge in [0.05, 0.1) is 24.1 Å². The summed E-state index contributed by atoms with van der Waals surface area (Å²) in [5.74, 6) is 0.537. The van der Waals surface area contributed by atoms with Crippen molar-refractivity contribution in [1.29, 1.82) is 0 Å². The minimum absolute atomic E-state index is 0.249. The van der Waals surface area contributed by atoms with Crippen LogP contribution in [0.4, 0.5) is 0 Å². The lowest BCUT2D eigenvalue weighted by molar-refractivity contribution is -0.143. The van der Waals surface area contributed by atoms with E-state index in [4.69, 9.17) is 27.9 Å². The molecule has 1 heterocycles. The topological polar surface area (TPSA) is 55.0 Å². The van der Waals surface area contributed by atoms with E-state index in [1.165, 1.54) is 0 Å². The largest absolute Gasteiger partial charge is 0.465 e. The van der Waals surface area contributed by atoms with Gasteiger partial charge in [-0.3, -0.25) is 4.79 Å². The zero-order valence-electron chi connectivity index (χ0n) is 12.9. The minimum Gasteiger partial charge on any atom is -0.465 e. The molecule has 0 unspecified atom stereocenters. The highest BCUT2D eigenvalue weighted by molar-refractivity contribution is 6.35. The first kappa shape index (κ1) is 16.8. The Balaban J connectivity index is 1.45. The van der Waals surface area contributed by atoms with Crippen LogP contribution in [0.15, 0.2) is 42.5 Å². The summed E-state index contributed by atoms with van der Waals surface area (Å²) in [6, 6.07) is 13.1. The number of ether oxygens (including phenoxy) is 1. The molecule has 0 aliphatic rings. The summed E-state index contributed by atoms with van der Waals surface area (Å²) < 4.78 is 5.25. The molecule has 24 heavy (non-hydrogen) atoms. The van der Waals surface area contributed by atoms with Gasteiger partial charge in [-0.15, -0.1) is 0 Å². The van der Waals surface area contributed by atoms with Crippen molar-refractivity contribution in [3.05, 3.63) is 63.9 Å². The third kappa shape index (κ3) is 4.28. The number of carbonyl (C=O) groups is 1. The van der Waals surface area contributed by atoms with E-state index in [1.54, 1.807) is 12.1 Å². The van der Waals surface area contributed by atoms with Crippen LogP contribution in [0.25, 0.3) is 11.0 Å². The van der Waals surface area contributed by atoms with Crippen LogP contribution in [-0.4, -0.2) is 22.5 Å². The second-order valence-electron chi connectivity index (χ2n) is 5.41. The number of para-hydroxylation sites is 2. The fourth-order valence-electron chi connectivity index (χ4n) is 2.42. The van der Waals surface area contributed by atoms with Crippen LogP contribution in [0.1, 0.15) is 17.8 Å². The highest BCUT2D eigenvalue weighted by Gasteiger charge is 2.08. The summed E-state index contributed by atoms with van der Waals surface area (Å²) in [5.41, 5.74) is 2.78. The Morgan fingerprint density at radius 2 is 1.96 bits per heavy atom. The van der Waals surface area contributed by atoms with Gasteiger partial charge in [-0.2, -0.15) is 0 Å². The lowest BCUT2D eigenvalue weighted by Gasteiger charge is -2.06. The Morgan fingerprint density at radius 3 is 2.75 bits per heavy atom. The van der Waals surface area contributed by atoms with Gasteiger partial charge in [0.15, 0.2) is 0 Å². The van der Waals surface area contributed by atoms with Gasteiger partial charge in [0, 0.05) is 22.9 Å². The van der Waals surface area contributed by atoms with E-state index in [9.17, 15) is 4.79 Å². The number of H-pyrrole nitrogens is 1. The van der Waals surface area contributed by atoms with E-state index in [0.717, 1.165) is 22.4 Å². The normalized spacial score (nSPS) is 10.9. The van der Waals surface area contributed by atoms with E-state index in [1.807, 2.05) is 30.3 Å². The predicted molar refractivity (Wildman–Crippen MR) is 95.5 cm³/mol. The van der Waals surface area contributed by atoms with Gasteiger partial charge in [0.1, 0.15) is 5.82 Å². The lowest BCUT2D eigenvalue weighted by atomic mass is 10.2. The number of hydrogen-bond donors (Lipinski definition) is 1. The average molecular weight is 363 g/mol. The summed E-state index contributed by atoms with van der Waals surface area (Å²) in [6.45, 7) is 0.292. The van der Waals surface area contributed by atoms with Crippen LogP contribution in [0.5, 0.6) is 0 Å². The first-order valence-corrected chi connectivity index (χ1v) is 8.40. The zero-order chi connectivity index (χ0) is 16.9. The number of aromatic nitrogens is 2. The maximum absolute atomic E-state index is 11.8. The van der Waals surface area contributed by atoms with Crippen molar-refractivity contribution in [3.63, 3.8) is 0 Å². The third-order valence-corrected chi connectivity index (χ3v) is 4.24. The van der Waals surface area contributed by atoms with Gasteiger partial charge in [-0.05, 0) is 29.8 Å². The third-order valence-electron chi connectivity index (χ3n) is 3.65. The highest BCUT2D eigenvalue weighted by atomic mass is 35.5. The number of fused-ring (bicyclic) bond motifs is 1. The Labute approximate surface area is 149 Å². The molecule has 2 aromatic carbocycles. The standard InChI is InChI=1S/C18H16Cl2N2O2/c19-13-6-5-12(14(20)11-13)9-10-24-18(23)8-7-17-21-15-3-1-2-4-16(15)22-17/h1-6,11H,7-10H2,(H,21,22). The van der Waals surface area contributed by atoms with E-state index >= 15 is 0 Å². The van der Waals surface area contributed by atoms with Gasteiger partial charge in [0.25, 0.3) is 0 Å². The van der Waals surface area contributed by atoms with Gasteiger partial charge in [-0.1, -0.05) is 41.4 Å². The van der Waals surface area contributed by atoms with Crippen molar-refractivity contribution in [1.82, 2.24) is 9.97 Å². The molecule has 0 bridgehead atoms. The molecule has 6 heteroatoms. The summed E-state index contributed by atoms with van der Waals surface area (Å²) in [6.07, 6.45) is 1.37. The molecule has 0 atom stereocenters. The highest BCUT2D eigenvalue weighted by Crippen LogP contribution is 2.21. The van der Waals surface area contributed by atoms with Crippen molar-refractivity contribution in [2.24, 2.45) is 0 Å². The number of esters is 1. The first-order valence-electron chi connectivity index (χ1n) is 7.65. The van der Waals surface area contributed by atoms with Crippen LogP contribution in [0.2, 0.25) is 10.0 Å². The molecule has 0 aliphatic heterocycles. The number of hydrogen-bond acceptors (Lipinski definition) is 3. The van der Waals surface area contributed by atoms with Crippen LogP contribution in [0, 0.1) is 0 Å². The molecule has 3 rings (SSSR count). The number of halogens is 2. The molecule has 0 aliphatic carbocycles. The molecule has 4 nitrogen and oxygen atoms in total. The number of aryl methyl sites for hydroxylation is 1. The molecule has 0 saturated heterocycles. The van der Waals surface area contributed by atoms with Gasteiger partial charge < -0.3 is 9.72 Å². The lowest BCUT2D eigenvalue weighted by Crippen LogP contribution is -2.09. The summed E-state index contributed by atoms with van der Waals surface area (Å²) >= 11 is 11.9. The SMILES string of the molecule is O=C(CCc1nc2ccccc2[nH]1)OCCc1ccc(Cl)cc1Cl. The predicted octanol–water partition coefficient (Wildman–Crippen LogP) is 4.59. The number of imidazole rings is 1. The average Bonchev–Trinajstić information content (AvgIpc) is 2.98. The summed E-state index contributed by atoms with van der Waals surface area (Å²) in [7, 11) is 0. The molecule has 0 fully saturated rings. The van der Waals surface area contributed by atoms with Crippen LogP contribution in [-0.2, 0) is 22.4 Å². The summed E-state index contributed by atoms with van der Waals surface area (Å²) in [4.78, 5) is 19.5. The van der Waals surface area contributed by atoms with Crippen molar-refractivity contribution in [2.45, 2.75) is 19.3 Å². The van der Waals surface area contributed by atoms with Gasteiger partial charge in [0.2, 0.25) is 0 Å². The second kappa shape index (κ2) is 7.69. The van der Waals surface area contributed by atoms with E-state index in [2.05, 4.69) is 9.97 Å². The van der Waals surface area contributed by atoms with E-state index in [-0.39, 0.29) is 12.4 Å². The Kier molecular flexibility index (Phi) is 5.38. The molecule has 0 saturated carbocycles. The number of carbonyl (C=O) groups excluding carboxylic acids is 1. The number of nitrogens with one attached hydrogen (secondary N) is 1. The molecule has 0 amide bonds. The van der Waals surface area contributed by atoms with Crippen molar-refractivity contribution in [3.8, 4) is 0 Å². The maximum Gasteiger partial charge on any atom is 0.306 e. The Hall–Kier alpha value is -2.04. The molecule has 3 aromatic rings. The maximum atomic E-state index is 11.8. The van der Waals surface area contributed by atoms with E-state index in [0.29, 0.717) is 29.5 Å². The smallest absolute Gasteiger partial charge is 0.306 e. The number of benzene rings is 2. The van der Waals surface area contributed by atoms with Crippen LogP contribution >= 0.6 is 23.2 Å². The summed E-state index contributed by atoms with van der Waals surface area (Å²) in [5, 5.41) is 1.17. The first-order chi connectivity index (χ1) is 11.6. The number of nitrogens with zero attached hydrogens (tertiary/aromatic N) is 1. The fourth-order valence-corrected chi connectivity index (χ4v) is 2.92. The van der Waals surface area contributed by atoms with Crippen molar-refractivity contribution < 1.29 is 9.53 Å². The molecule has 1 N–H and O–H groups in total. The van der Waals surface area contributed by atoms with E-state index < -0.39 is 0 Å². The van der Waals surface area contributed by atoms with Crippen molar-refractivity contribution >= 4 is 40.2 Å². The fraction of sp³-hybridized carbons (Fsp3) is 0.222. The second-order valence-corrected chi connectivity index (χ2v) is 6.25. The molecule has 0 spiro atoms. The van der Waals surface area contributed by atoms with Gasteiger partial charge in [-0.25, -0.2) is 4.98 Å². The molecular weight excluding hydrogens is 347 g/mol. The van der Waals surface area contributed by atoms with Crippen molar-refractivity contribution in [2.75, 3.05) is 6.61 Å². The van der Waals surface area contributed by atoms with Gasteiger partial charge >= 0.3 is 5.97 Å². The molecule has 124 valence electrons. The number of rotatable bonds is 6. The molecular formula is C18H16Cl2N2O2. The molecule has 1 aromatic heterocycles. The Morgan fingerprint density at radius 1 is 1.12 bits per heavy atom. The Bertz CT molecular complexity index is 828. The minimum atomic E-state index is -0.249. The monoisotopic (exact) mass is 362 g/mol. The molecule has 0 radical (unpaired) electrons. The zero-order valence-corrected chi connectivity index (χ0v) is 14.4. The van der Waals surface area contributed by atoms with Crippen LogP contribution in [0.3, 0.4) is 0 Å².